The van der Waals surface area contributed by atoms with Crippen molar-refractivity contribution in [3.05, 3.63) is 35.4 Å². The van der Waals surface area contributed by atoms with E-state index in [-0.39, 0.29) is 0 Å². The molecule has 1 aliphatic heterocycles. The molecular weight excluding hydrogens is 256 g/mol. The van der Waals surface area contributed by atoms with Gasteiger partial charge in [-0.2, -0.15) is 0 Å². The molecule has 116 valence electrons. The predicted molar refractivity (Wildman–Crippen MR) is 89.6 cm³/mol. The molecule has 21 heavy (non-hydrogen) atoms. The molecule has 1 aromatic rings. The minimum absolute atomic E-state index is 0.594. The van der Waals surface area contributed by atoms with Gasteiger partial charge >= 0.3 is 0 Å². The van der Waals surface area contributed by atoms with Crippen LogP contribution in [0, 0.1) is 5.92 Å². The smallest absolute Gasteiger partial charge is 0.0323 e. The van der Waals surface area contributed by atoms with Crippen molar-refractivity contribution in [2.75, 3.05) is 26.2 Å². The van der Waals surface area contributed by atoms with Crippen LogP contribution in [0.1, 0.15) is 56.2 Å². The Hall–Kier alpha value is -0.860. The lowest BCUT2D eigenvalue weighted by Crippen LogP contribution is -2.35. The maximum Gasteiger partial charge on any atom is 0.0323 e. The Balaban J connectivity index is 1.40. The van der Waals surface area contributed by atoms with Crippen molar-refractivity contribution in [1.82, 2.24) is 10.2 Å². The number of likely N-dealkylation sites (tertiary alicyclic amines) is 1. The van der Waals surface area contributed by atoms with E-state index in [1.807, 2.05) is 0 Å². The molecule has 2 aliphatic rings. The number of hydrogen-bond acceptors (Lipinski definition) is 2. The first-order chi connectivity index (χ1) is 10.3. The summed E-state index contributed by atoms with van der Waals surface area (Å²) in [6, 6.07) is 9.58. The highest BCUT2D eigenvalue weighted by atomic mass is 15.1. The molecule has 1 atom stereocenters. The molecule has 2 heteroatoms. The lowest BCUT2D eigenvalue weighted by atomic mass is 9.88. The quantitative estimate of drug-likeness (QED) is 0.829. The van der Waals surface area contributed by atoms with Crippen LogP contribution in [0.15, 0.2) is 24.3 Å². The van der Waals surface area contributed by atoms with Crippen molar-refractivity contribution in [3.63, 3.8) is 0 Å². The Labute approximate surface area is 129 Å². The maximum atomic E-state index is 3.80. The lowest BCUT2D eigenvalue weighted by Gasteiger charge is -2.31. The molecule has 0 radical (unpaired) electrons. The summed E-state index contributed by atoms with van der Waals surface area (Å²) in [4.78, 5) is 2.65. The number of nitrogens with zero attached hydrogens (tertiary/aromatic N) is 1. The second-order valence-corrected chi connectivity index (χ2v) is 6.98. The molecule has 1 saturated heterocycles. The maximum absolute atomic E-state index is 3.80. The van der Waals surface area contributed by atoms with Gasteiger partial charge in [-0.15, -0.1) is 0 Å². The van der Waals surface area contributed by atoms with E-state index < -0.39 is 0 Å². The van der Waals surface area contributed by atoms with Gasteiger partial charge in [-0.3, -0.25) is 0 Å². The van der Waals surface area contributed by atoms with Crippen molar-refractivity contribution in [1.29, 1.82) is 0 Å². The molecular formula is C19H30N2. The Morgan fingerprint density at radius 2 is 1.95 bits per heavy atom. The number of hydrogen-bond donors (Lipinski definition) is 1. The summed E-state index contributed by atoms with van der Waals surface area (Å²) in [5.74, 6) is 0.943. The van der Waals surface area contributed by atoms with Crippen molar-refractivity contribution < 1.29 is 0 Å². The fourth-order valence-electron chi connectivity index (χ4n) is 3.83. The van der Waals surface area contributed by atoms with Crippen LogP contribution in [0.25, 0.3) is 0 Å². The molecule has 1 fully saturated rings. The fraction of sp³-hybridized carbons (Fsp3) is 0.684. The SMILES string of the molecule is CC1CCN(CCCNC2CCCc3ccccc32)CC1. The first kappa shape index (κ1) is 15.1. The predicted octanol–water partition coefficient (Wildman–Crippen LogP) is 3.78. The number of aryl methyl sites for hydroxylation is 1. The first-order valence-electron chi connectivity index (χ1n) is 8.86. The van der Waals surface area contributed by atoms with E-state index in [0.717, 1.165) is 12.5 Å². The summed E-state index contributed by atoms with van der Waals surface area (Å²) in [7, 11) is 0. The molecule has 0 bridgehead atoms. The third-order valence-corrected chi connectivity index (χ3v) is 5.29. The van der Waals surface area contributed by atoms with Crippen LogP contribution >= 0.6 is 0 Å². The van der Waals surface area contributed by atoms with Gasteiger partial charge in [0.1, 0.15) is 0 Å². The summed E-state index contributed by atoms with van der Waals surface area (Å²) in [5, 5.41) is 3.80. The van der Waals surface area contributed by atoms with Crippen molar-refractivity contribution in [2.24, 2.45) is 5.92 Å². The fourth-order valence-corrected chi connectivity index (χ4v) is 3.83. The van der Waals surface area contributed by atoms with Gasteiger partial charge in [0.2, 0.25) is 0 Å². The molecule has 1 N–H and O–H groups in total. The molecule has 1 aromatic carbocycles. The number of benzene rings is 1. The summed E-state index contributed by atoms with van der Waals surface area (Å²) in [6.45, 7) is 7.44. The zero-order chi connectivity index (χ0) is 14.5. The average molecular weight is 286 g/mol. The van der Waals surface area contributed by atoms with E-state index in [2.05, 4.69) is 41.4 Å². The van der Waals surface area contributed by atoms with Crippen LogP contribution in [0.5, 0.6) is 0 Å². The van der Waals surface area contributed by atoms with Gasteiger partial charge in [-0.05, 0) is 81.7 Å². The van der Waals surface area contributed by atoms with E-state index >= 15 is 0 Å². The largest absolute Gasteiger partial charge is 0.310 e. The van der Waals surface area contributed by atoms with E-state index in [0.29, 0.717) is 6.04 Å². The number of rotatable bonds is 5. The van der Waals surface area contributed by atoms with E-state index in [9.17, 15) is 0 Å². The second kappa shape index (κ2) is 7.42. The van der Waals surface area contributed by atoms with E-state index in [1.54, 1.807) is 11.1 Å². The molecule has 1 aliphatic carbocycles. The molecule has 0 spiro atoms. The topological polar surface area (TPSA) is 15.3 Å². The Kier molecular flexibility index (Phi) is 5.32. The minimum atomic E-state index is 0.594. The zero-order valence-electron chi connectivity index (χ0n) is 13.5. The van der Waals surface area contributed by atoms with Gasteiger partial charge in [0.05, 0.1) is 0 Å². The first-order valence-corrected chi connectivity index (χ1v) is 8.86. The average Bonchev–Trinajstić information content (AvgIpc) is 2.53. The summed E-state index contributed by atoms with van der Waals surface area (Å²) >= 11 is 0. The van der Waals surface area contributed by atoms with Gasteiger partial charge in [-0.25, -0.2) is 0 Å². The number of nitrogens with one attached hydrogen (secondary N) is 1. The van der Waals surface area contributed by atoms with Crippen molar-refractivity contribution >= 4 is 0 Å². The lowest BCUT2D eigenvalue weighted by molar-refractivity contribution is 0.189. The van der Waals surface area contributed by atoms with Gasteiger partial charge < -0.3 is 10.2 Å². The molecule has 3 rings (SSSR count). The normalized spacial score (nSPS) is 24.0. The van der Waals surface area contributed by atoms with Gasteiger partial charge in [0, 0.05) is 6.04 Å². The van der Waals surface area contributed by atoms with Crippen LogP contribution in [0.2, 0.25) is 0 Å². The van der Waals surface area contributed by atoms with E-state index in [4.69, 9.17) is 0 Å². The third-order valence-electron chi connectivity index (χ3n) is 5.29. The zero-order valence-corrected chi connectivity index (χ0v) is 13.5. The number of piperidine rings is 1. The van der Waals surface area contributed by atoms with Gasteiger partial charge in [-0.1, -0.05) is 31.2 Å². The molecule has 1 heterocycles. The van der Waals surface area contributed by atoms with Crippen LogP contribution < -0.4 is 5.32 Å². The second-order valence-electron chi connectivity index (χ2n) is 6.98. The van der Waals surface area contributed by atoms with Crippen molar-refractivity contribution in [2.45, 2.75) is 51.5 Å². The monoisotopic (exact) mass is 286 g/mol. The van der Waals surface area contributed by atoms with Crippen LogP contribution in [0.4, 0.5) is 0 Å². The van der Waals surface area contributed by atoms with Gasteiger partial charge in [0.15, 0.2) is 0 Å². The molecule has 1 unspecified atom stereocenters. The van der Waals surface area contributed by atoms with Crippen molar-refractivity contribution in [3.8, 4) is 0 Å². The summed E-state index contributed by atoms with van der Waals surface area (Å²) in [6.07, 6.45) is 7.97. The highest BCUT2D eigenvalue weighted by Gasteiger charge is 2.19. The number of fused-ring (bicyclic) bond motifs is 1. The van der Waals surface area contributed by atoms with Crippen LogP contribution in [-0.2, 0) is 6.42 Å². The molecule has 2 nitrogen and oxygen atoms in total. The Morgan fingerprint density at radius 3 is 2.81 bits per heavy atom. The Morgan fingerprint density at radius 1 is 1.14 bits per heavy atom. The standard InChI is InChI=1S/C19H30N2/c1-16-10-14-21(15-11-16)13-5-12-20-19-9-4-7-17-6-2-3-8-18(17)19/h2-3,6,8,16,19-20H,4-5,7,9-15H2,1H3. The van der Waals surface area contributed by atoms with Gasteiger partial charge in [0.25, 0.3) is 0 Å². The van der Waals surface area contributed by atoms with Crippen LogP contribution in [-0.4, -0.2) is 31.1 Å². The minimum Gasteiger partial charge on any atom is -0.310 e. The summed E-state index contributed by atoms with van der Waals surface area (Å²) in [5.41, 5.74) is 3.11. The molecule has 0 amide bonds. The third kappa shape index (κ3) is 4.08. The highest BCUT2D eigenvalue weighted by Crippen LogP contribution is 2.29. The van der Waals surface area contributed by atoms with Crippen LogP contribution in [0.3, 0.4) is 0 Å². The Bertz CT molecular complexity index is 435. The summed E-state index contributed by atoms with van der Waals surface area (Å²) < 4.78 is 0. The molecule has 0 aromatic heterocycles. The molecule has 0 saturated carbocycles. The highest BCUT2D eigenvalue weighted by molar-refractivity contribution is 5.32. The van der Waals surface area contributed by atoms with E-state index in [1.165, 1.54) is 58.2 Å².